The van der Waals surface area contributed by atoms with Crippen LogP contribution in [0.4, 0.5) is 5.95 Å². The summed E-state index contributed by atoms with van der Waals surface area (Å²) in [5.74, 6) is 1.65. The topological polar surface area (TPSA) is 33.1 Å². The highest BCUT2D eigenvalue weighted by atomic mass is 15.2. The van der Waals surface area contributed by atoms with E-state index in [4.69, 9.17) is 0 Å². The molecule has 0 fully saturated rings. The lowest BCUT2D eigenvalue weighted by Gasteiger charge is -2.18. The molecule has 1 rings (SSSR count). The molecule has 0 spiro atoms. The first-order valence-electron chi connectivity index (χ1n) is 7.06. The van der Waals surface area contributed by atoms with Crippen LogP contribution < -0.4 is 5.32 Å². The number of likely N-dealkylation sites (N-methyl/N-ethyl adjacent to an activating group) is 1. The quantitative estimate of drug-likeness (QED) is 0.772. The predicted octanol–water partition coefficient (Wildman–Crippen LogP) is 2.60. The van der Waals surface area contributed by atoms with Crippen molar-refractivity contribution in [2.75, 3.05) is 31.5 Å². The van der Waals surface area contributed by atoms with Crippen LogP contribution in [0.5, 0.6) is 0 Å². The predicted molar refractivity (Wildman–Crippen MR) is 78.1 cm³/mol. The lowest BCUT2D eigenvalue weighted by atomic mass is 10.2. The smallest absolute Gasteiger partial charge is 0.203 e. The van der Waals surface area contributed by atoms with E-state index >= 15 is 0 Å². The zero-order chi connectivity index (χ0) is 13.5. The van der Waals surface area contributed by atoms with Crippen LogP contribution in [0.2, 0.25) is 0 Å². The first-order chi connectivity index (χ1) is 8.56. The van der Waals surface area contributed by atoms with Gasteiger partial charge in [0.05, 0.1) is 5.69 Å². The van der Waals surface area contributed by atoms with Gasteiger partial charge in [0.15, 0.2) is 0 Å². The van der Waals surface area contributed by atoms with Crippen LogP contribution in [0.25, 0.3) is 0 Å². The number of rotatable bonds is 8. The molecule has 0 saturated carbocycles. The number of nitrogens with one attached hydrogen (secondary N) is 1. The fourth-order valence-electron chi connectivity index (χ4n) is 2.09. The maximum Gasteiger partial charge on any atom is 0.203 e. The van der Waals surface area contributed by atoms with Crippen molar-refractivity contribution in [1.82, 2.24) is 14.5 Å². The second kappa shape index (κ2) is 7.41. The van der Waals surface area contributed by atoms with Crippen molar-refractivity contribution in [3.8, 4) is 0 Å². The van der Waals surface area contributed by atoms with Gasteiger partial charge in [0.2, 0.25) is 5.95 Å². The van der Waals surface area contributed by atoms with E-state index in [1.165, 1.54) is 0 Å². The summed E-state index contributed by atoms with van der Waals surface area (Å²) in [6.45, 7) is 16.2. The molecular formula is C14H28N4. The zero-order valence-electron chi connectivity index (χ0n) is 12.5. The molecule has 1 aromatic heterocycles. The third kappa shape index (κ3) is 4.69. The van der Waals surface area contributed by atoms with Gasteiger partial charge in [-0.1, -0.05) is 27.7 Å². The summed E-state index contributed by atoms with van der Waals surface area (Å²) in [7, 11) is 0. The summed E-state index contributed by atoms with van der Waals surface area (Å²) in [5, 5.41) is 3.45. The van der Waals surface area contributed by atoms with Gasteiger partial charge in [0.1, 0.15) is 0 Å². The largest absolute Gasteiger partial charge is 0.354 e. The lowest BCUT2D eigenvalue weighted by Crippen LogP contribution is -2.29. The molecule has 0 aliphatic heterocycles. The van der Waals surface area contributed by atoms with Crippen LogP contribution in [0.15, 0.2) is 6.20 Å². The maximum absolute atomic E-state index is 4.55. The van der Waals surface area contributed by atoms with Crippen LogP contribution in [0, 0.1) is 12.8 Å². The van der Waals surface area contributed by atoms with E-state index < -0.39 is 0 Å². The van der Waals surface area contributed by atoms with E-state index in [1.807, 2.05) is 6.92 Å². The fourth-order valence-corrected chi connectivity index (χ4v) is 2.09. The molecule has 4 heteroatoms. The minimum atomic E-state index is 0.641. The Morgan fingerprint density at radius 3 is 2.56 bits per heavy atom. The van der Waals surface area contributed by atoms with Gasteiger partial charge in [-0.05, 0) is 25.9 Å². The van der Waals surface area contributed by atoms with Gasteiger partial charge in [-0.2, -0.15) is 0 Å². The SMILES string of the molecule is CCN(CC)CCNc1nc(C)cn1CC(C)C. The number of anilines is 1. The number of imidazole rings is 1. The summed E-state index contributed by atoms with van der Waals surface area (Å²) >= 11 is 0. The third-order valence-electron chi connectivity index (χ3n) is 3.06. The Balaban J connectivity index is 2.50. The van der Waals surface area contributed by atoms with Gasteiger partial charge in [0, 0.05) is 25.8 Å². The number of aromatic nitrogens is 2. The highest BCUT2D eigenvalue weighted by molar-refractivity contribution is 5.28. The molecule has 0 aromatic carbocycles. The highest BCUT2D eigenvalue weighted by Gasteiger charge is 2.07. The van der Waals surface area contributed by atoms with E-state index in [1.54, 1.807) is 0 Å². The van der Waals surface area contributed by atoms with Gasteiger partial charge in [0.25, 0.3) is 0 Å². The average Bonchev–Trinajstić information content (AvgIpc) is 2.64. The van der Waals surface area contributed by atoms with Gasteiger partial charge in [-0.3, -0.25) is 0 Å². The molecule has 0 radical (unpaired) electrons. The van der Waals surface area contributed by atoms with Crippen LogP contribution in [-0.2, 0) is 6.54 Å². The summed E-state index contributed by atoms with van der Waals surface area (Å²) in [5.41, 5.74) is 1.08. The van der Waals surface area contributed by atoms with Gasteiger partial charge < -0.3 is 14.8 Å². The molecular weight excluding hydrogens is 224 g/mol. The summed E-state index contributed by atoms with van der Waals surface area (Å²) in [6.07, 6.45) is 2.12. The van der Waals surface area contributed by atoms with Crippen molar-refractivity contribution in [3.05, 3.63) is 11.9 Å². The normalized spacial score (nSPS) is 11.5. The Hall–Kier alpha value is -1.03. The molecule has 0 unspecified atom stereocenters. The Labute approximate surface area is 111 Å². The van der Waals surface area contributed by atoms with Crippen molar-refractivity contribution < 1.29 is 0 Å². The minimum Gasteiger partial charge on any atom is -0.354 e. The molecule has 1 N–H and O–H groups in total. The molecule has 0 saturated heterocycles. The second-order valence-corrected chi connectivity index (χ2v) is 5.21. The Kier molecular flexibility index (Phi) is 6.19. The Morgan fingerprint density at radius 1 is 1.33 bits per heavy atom. The number of aryl methyl sites for hydroxylation is 1. The van der Waals surface area contributed by atoms with Gasteiger partial charge >= 0.3 is 0 Å². The zero-order valence-corrected chi connectivity index (χ0v) is 12.5. The summed E-state index contributed by atoms with van der Waals surface area (Å²) in [4.78, 5) is 6.96. The van der Waals surface area contributed by atoms with Crippen LogP contribution in [0.3, 0.4) is 0 Å². The average molecular weight is 252 g/mol. The molecule has 18 heavy (non-hydrogen) atoms. The van der Waals surface area contributed by atoms with E-state index in [2.05, 4.69) is 53.7 Å². The first-order valence-corrected chi connectivity index (χ1v) is 7.06. The Bertz CT molecular complexity index is 340. The molecule has 4 nitrogen and oxygen atoms in total. The fraction of sp³-hybridized carbons (Fsp3) is 0.786. The number of hydrogen-bond acceptors (Lipinski definition) is 3. The van der Waals surface area contributed by atoms with Crippen molar-refractivity contribution in [3.63, 3.8) is 0 Å². The van der Waals surface area contributed by atoms with Crippen molar-refractivity contribution in [1.29, 1.82) is 0 Å². The summed E-state index contributed by atoms with van der Waals surface area (Å²) < 4.78 is 2.22. The molecule has 0 amide bonds. The Morgan fingerprint density at radius 2 is 2.00 bits per heavy atom. The molecule has 1 heterocycles. The molecule has 0 bridgehead atoms. The first kappa shape index (κ1) is 15.0. The van der Waals surface area contributed by atoms with Crippen molar-refractivity contribution >= 4 is 5.95 Å². The minimum absolute atomic E-state index is 0.641. The molecule has 1 aromatic rings. The molecule has 0 aliphatic carbocycles. The van der Waals surface area contributed by atoms with Gasteiger partial charge in [-0.25, -0.2) is 4.98 Å². The molecule has 0 atom stereocenters. The number of nitrogens with zero attached hydrogens (tertiary/aromatic N) is 3. The second-order valence-electron chi connectivity index (χ2n) is 5.21. The molecule has 104 valence electrons. The van der Waals surface area contributed by atoms with Crippen LogP contribution >= 0.6 is 0 Å². The number of hydrogen-bond donors (Lipinski definition) is 1. The van der Waals surface area contributed by atoms with Crippen molar-refractivity contribution in [2.24, 2.45) is 5.92 Å². The third-order valence-corrected chi connectivity index (χ3v) is 3.06. The highest BCUT2D eigenvalue weighted by Crippen LogP contribution is 2.11. The maximum atomic E-state index is 4.55. The van der Waals surface area contributed by atoms with Gasteiger partial charge in [-0.15, -0.1) is 0 Å². The monoisotopic (exact) mass is 252 g/mol. The lowest BCUT2D eigenvalue weighted by molar-refractivity contribution is 0.315. The van der Waals surface area contributed by atoms with E-state index in [0.29, 0.717) is 5.92 Å². The van der Waals surface area contributed by atoms with Crippen LogP contribution in [-0.4, -0.2) is 40.6 Å². The summed E-state index contributed by atoms with van der Waals surface area (Å²) in [6, 6.07) is 0. The van der Waals surface area contributed by atoms with E-state index in [0.717, 1.165) is 44.4 Å². The van der Waals surface area contributed by atoms with Crippen LogP contribution in [0.1, 0.15) is 33.4 Å². The van der Waals surface area contributed by atoms with E-state index in [-0.39, 0.29) is 0 Å². The molecule has 0 aliphatic rings. The van der Waals surface area contributed by atoms with E-state index in [9.17, 15) is 0 Å². The van der Waals surface area contributed by atoms with Crippen molar-refractivity contribution in [2.45, 2.75) is 41.2 Å². The standard InChI is InChI=1S/C14H28N4/c1-6-17(7-2)9-8-15-14-16-13(5)11-18(14)10-12(3)4/h11-12H,6-10H2,1-5H3,(H,15,16).